The lowest BCUT2D eigenvalue weighted by atomic mass is 9.78. The lowest BCUT2D eigenvalue weighted by Crippen LogP contribution is -2.32. The number of hydrogen-bond donors (Lipinski definition) is 1. The number of allylic oxidation sites excluding steroid dienone is 2. The molecule has 4 heteroatoms. The van der Waals surface area contributed by atoms with Gasteiger partial charge in [-0.3, -0.25) is 4.79 Å². The predicted octanol–water partition coefficient (Wildman–Crippen LogP) is 2.09. The van der Waals surface area contributed by atoms with Gasteiger partial charge in [0.25, 0.3) is 0 Å². The van der Waals surface area contributed by atoms with Crippen LogP contribution in [0.5, 0.6) is 11.5 Å². The zero-order chi connectivity index (χ0) is 11.9. The molecule has 1 heterocycles. The molecule has 0 aromatic heterocycles. The lowest BCUT2D eigenvalue weighted by molar-refractivity contribution is -0.143. The second kappa shape index (κ2) is 3.52. The summed E-state index contributed by atoms with van der Waals surface area (Å²) in [7, 11) is 0. The monoisotopic (exact) mass is 232 g/mol. The molecule has 0 bridgehead atoms. The van der Waals surface area contributed by atoms with Gasteiger partial charge in [-0.25, -0.2) is 0 Å². The molecular weight excluding hydrogens is 220 g/mol. The third-order valence-electron chi connectivity index (χ3n) is 3.43. The van der Waals surface area contributed by atoms with Gasteiger partial charge in [0.2, 0.25) is 6.79 Å². The SMILES string of the molecule is O=C(O)C1(c2ccc3c(c2)OCO3)CC=CC1. The van der Waals surface area contributed by atoms with E-state index in [1.165, 1.54) is 0 Å². The zero-order valence-corrected chi connectivity index (χ0v) is 9.18. The summed E-state index contributed by atoms with van der Waals surface area (Å²) in [6.45, 7) is 0.205. The lowest BCUT2D eigenvalue weighted by Gasteiger charge is -2.24. The van der Waals surface area contributed by atoms with Gasteiger partial charge < -0.3 is 14.6 Å². The summed E-state index contributed by atoms with van der Waals surface area (Å²) in [5.74, 6) is 0.525. The Morgan fingerprint density at radius 2 is 1.88 bits per heavy atom. The summed E-state index contributed by atoms with van der Waals surface area (Å²) in [6.07, 6.45) is 4.89. The van der Waals surface area contributed by atoms with Crippen LogP contribution >= 0.6 is 0 Å². The van der Waals surface area contributed by atoms with Gasteiger partial charge in [0.05, 0.1) is 5.41 Å². The number of carboxylic acids is 1. The second-order valence-electron chi connectivity index (χ2n) is 4.33. The van der Waals surface area contributed by atoms with E-state index >= 15 is 0 Å². The van der Waals surface area contributed by atoms with Crippen molar-refractivity contribution in [1.82, 2.24) is 0 Å². The van der Waals surface area contributed by atoms with Gasteiger partial charge >= 0.3 is 5.97 Å². The standard InChI is InChI=1S/C13H12O4/c14-12(15)13(5-1-2-6-13)9-3-4-10-11(7-9)17-8-16-10/h1-4,7H,5-6,8H2,(H,14,15). The molecule has 0 spiro atoms. The number of ether oxygens (including phenoxy) is 2. The first-order valence-corrected chi connectivity index (χ1v) is 5.51. The minimum atomic E-state index is -0.832. The molecule has 88 valence electrons. The molecule has 2 aliphatic rings. The van der Waals surface area contributed by atoms with Gasteiger partial charge in [0.1, 0.15) is 0 Å². The second-order valence-corrected chi connectivity index (χ2v) is 4.33. The van der Waals surface area contributed by atoms with Crippen LogP contribution in [-0.4, -0.2) is 17.9 Å². The first-order chi connectivity index (χ1) is 8.22. The van der Waals surface area contributed by atoms with Crippen LogP contribution in [0.1, 0.15) is 18.4 Å². The molecular formula is C13H12O4. The number of benzene rings is 1. The van der Waals surface area contributed by atoms with E-state index < -0.39 is 11.4 Å². The molecule has 1 aromatic rings. The topological polar surface area (TPSA) is 55.8 Å². The maximum absolute atomic E-state index is 11.5. The molecule has 0 saturated heterocycles. The third-order valence-corrected chi connectivity index (χ3v) is 3.43. The number of carboxylic acid groups (broad SMARTS) is 1. The highest BCUT2D eigenvalue weighted by Crippen LogP contribution is 2.42. The normalized spacial score (nSPS) is 19.5. The molecule has 0 saturated carbocycles. The van der Waals surface area contributed by atoms with Crippen molar-refractivity contribution < 1.29 is 19.4 Å². The molecule has 0 unspecified atom stereocenters. The third kappa shape index (κ3) is 1.40. The van der Waals surface area contributed by atoms with Crippen LogP contribution in [0.15, 0.2) is 30.4 Å². The molecule has 0 atom stereocenters. The average molecular weight is 232 g/mol. The van der Waals surface area contributed by atoms with Gasteiger partial charge in [0.15, 0.2) is 11.5 Å². The number of fused-ring (bicyclic) bond motifs is 1. The van der Waals surface area contributed by atoms with Crippen molar-refractivity contribution in [2.45, 2.75) is 18.3 Å². The van der Waals surface area contributed by atoms with E-state index in [4.69, 9.17) is 9.47 Å². The van der Waals surface area contributed by atoms with Gasteiger partial charge in [-0.2, -0.15) is 0 Å². The number of hydrogen-bond acceptors (Lipinski definition) is 3. The Morgan fingerprint density at radius 3 is 2.59 bits per heavy atom. The van der Waals surface area contributed by atoms with Gasteiger partial charge in [0, 0.05) is 0 Å². The summed E-state index contributed by atoms with van der Waals surface area (Å²) in [5.41, 5.74) is -0.0553. The van der Waals surface area contributed by atoms with Gasteiger partial charge in [-0.05, 0) is 30.5 Å². The molecule has 1 aliphatic carbocycles. The Balaban J connectivity index is 2.05. The average Bonchev–Trinajstić information content (AvgIpc) is 2.97. The molecule has 0 amide bonds. The van der Waals surface area contributed by atoms with Crippen molar-refractivity contribution in [3.05, 3.63) is 35.9 Å². The number of carbonyl (C=O) groups is 1. The quantitative estimate of drug-likeness (QED) is 0.793. The summed E-state index contributed by atoms with van der Waals surface area (Å²) >= 11 is 0. The highest BCUT2D eigenvalue weighted by atomic mass is 16.7. The molecule has 1 N–H and O–H groups in total. The van der Waals surface area contributed by atoms with E-state index in [0.717, 1.165) is 5.56 Å². The molecule has 0 radical (unpaired) electrons. The largest absolute Gasteiger partial charge is 0.481 e. The Kier molecular flexibility index (Phi) is 2.11. The van der Waals surface area contributed by atoms with Crippen LogP contribution in [0.2, 0.25) is 0 Å². The van der Waals surface area contributed by atoms with E-state index in [1.54, 1.807) is 12.1 Å². The molecule has 1 aliphatic heterocycles. The molecule has 0 fully saturated rings. The summed E-state index contributed by atoms with van der Waals surface area (Å²) in [5, 5.41) is 9.45. The van der Waals surface area contributed by atoms with E-state index in [0.29, 0.717) is 24.3 Å². The highest BCUT2D eigenvalue weighted by molar-refractivity contribution is 5.83. The van der Waals surface area contributed by atoms with Gasteiger partial charge in [-0.1, -0.05) is 18.2 Å². The smallest absolute Gasteiger partial charge is 0.314 e. The molecule has 17 heavy (non-hydrogen) atoms. The van der Waals surface area contributed by atoms with E-state index in [-0.39, 0.29) is 6.79 Å². The minimum absolute atomic E-state index is 0.205. The summed E-state index contributed by atoms with van der Waals surface area (Å²) in [6, 6.07) is 5.37. The fourth-order valence-corrected chi connectivity index (χ4v) is 2.38. The Morgan fingerprint density at radius 1 is 1.18 bits per heavy atom. The summed E-state index contributed by atoms with van der Waals surface area (Å²) in [4.78, 5) is 11.5. The van der Waals surface area contributed by atoms with Crippen molar-refractivity contribution in [3.8, 4) is 11.5 Å². The number of rotatable bonds is 2. The fraction of sp³-hybridized carbons (Fsp3) is 0.308. The fourth-order valence-electron chi connectivity index (χ4n) is 2.38. The number of aliphatic carboxylic acids is 1. The van der Waals surface area contributed by atoms with Gasteiger partial charge in [-0.15, -0.1) is 0 Å². The van der Waals surface area contributed by atoms with E-state index in [9.17, 15) is 9.90 Å². The summed E-state index contributed by atoms with van der Waals surface area (Å²) < 4.78 is 10.5. The predicted molar refractivity (Wildman–Crippen MR) is 60.3 cm³/mol. The zero-order valence-electron chi connectivity index (χ0n) is 9.18. The maximum atomic E-state index is 11.5. The van der Waals surface area contributed by atoms with E-state index in [2.05, 4.69) is 0 Å². The van der Waals surface area contributed by atoms with Crippen molar-refractivity contribution >= 4 is 5.97 Å². The Bertz CT molecular complexity index is 496. The van der Waals surface area contributed by atoms with Crippen LogP contribution in [0.25, 0.3) is 0 Å². The van der Waals surface area contributed by atoms with Crippen LogP contribution in [0.3, 0.4) is 0 Å². The molecule has 3 rings (SSSR count). The molecule has 4 nitrogen and oxygen atoms in total. The van der Waals surface area contributed by atoms with Crippen LogP contribution in [-0.2, 0) is 10.2 Å². The first-order valence-electron chi connectivity index (χ1n) is 5.51. The van der Waals surface area contributed by atoms with Crippen LogP contribution in [0, 0.1) is 0 Å². The van der Waals surface area contributed by atoms with E-state index in [1.807, 2.05) is 18.2 Å². The highest BCUT2D eigenvalue weighted by Gasteiger charge is 2.41. The maximum Gasteiger partial charge on any atom is 0.314 e. The van der Waals surface area contributed by atoms with Crippen LogP contribution in [0.4, 0.5) is 0 Å². The van der Waals surface area contributed by atoms with Crippen molar-refractivity contribution in [2.75, 3.05) is 6.79 Å². The first kappa shape index (κ1) is 10.2. The Labute approximate surface area is 98.5 Å². The van der Waals surface area contributed by atoms with Crippen LogP contribution < -0.4 is 9.47 Å². The molecule has 1 aromatic carbocycles. The van der Waals surface area contributed by atoms with Crippen molar-refractivity contribution in [3.63, 3.8) is 0 Å². The van der Waals surface area contributed by atoms with Crippen molar-refractivity contribution in [1.29, 1.82) is 0 Å². The Hall–Kier alpha value is -1.97. The minimum Gasteiger partial charge on any atom is -0.481 e. The van der Waals surface area contributed by atoms with Crippen molar-refractivity contribution in [2.24, 2.45) is 0 Å².